The quantitative estimate of drug-likeness (QED) is 0.843. The van der Waals surface area contributed by atoms with Crippen LogP contribution in [0.4, 0.5) is 10.6 Å². The summed E-state index contributed by atoms with van der Waals surface area (Å²) in [5.74, 6) is 1.25. The fourth-order valence-corrected chi connectivity index (χ4v) is 4.56. The number of nitrogens with zero attached hydrogens (tertiary/aromatic N) is 2. The van der Waals surface area contributed by atoms with Gasteiger partial charge in [-0.3, -0.25) is 9.69 Å². The molecule has 4 atom stereocenters. The molecule has 1 aromatic rings. The zero-order chi connectivity index (χ0) is 19.0. The average Bonchev–Trinajstić information content (AvgIpc) is 2.98. The van der Waals surface area contributed by atoms with Gasteiger partial charge in [-0.05, 0) is 50.2 Å². The highest BCUT2D eigenvalue weighted by atomic mass is 16.6. The first kappa shape index (κ1) is 18.2. The van der Waals surface area contributed by atoms with E-state index in [0.717, 1.165) is 18.4 Å². The van der Waals surface area contributed by atoms with Crippen LogP contribution in [0.15, 0.2) is 18.3 Å². The number of aromatic nitrogens is 1. The van der Waals surface area contributed by atoms with Crippen molar-refractivity contribution < 1.29 is 19.4 Å². The molecule has 0 radical (unpaired) electrons. The van der Waals surface area contributed by atoms with Crippen LogP contribution in [0.1, 0.15) is 44.6 Å². The van der Waals surface area contributed by atoms with Gasteiger partial charge in [0.2, 0.25) is 5.91 Å². The third-order valence-electron chi connectivity index (χ3n) is 6.14. The van der Waals surface area contributed by atoms with E-state index in [1.165, 1.54) is 24.2 Å². The first-order valence-electron chi connectivity index (χ1n) is 9.84. The summed E-state index contributed by atoms with van der Waals surface area (Å²) in [6.45, 7) is 1.73. The van der Waals surface area contributed by atoms with Gasteiger partial charge in [-0.2, -0.15) is 0 Å². The monoisotopic (exact) mass is 373 g/mol. The van der Waals surface area contributed by atoms with Crippen LogP contribution in [0.2, 0.25) is 0 Å². The Balaban J connectivity index is 1.41. The fourth-order valence-electron chi connectivity index (χ4n) is 4.56. The summed E-state index contributed by atoms with van der Waals surface area (Å²) in [7, 11) is 0. The third-order valence-corrected chi connectivity index (χ3v) is 6.14. The zero-order valence-electron chi connectivity index (χ0n) is 15.7. The number of rotatable bonds is 4. The first-order chi connectivity index (χ1) is 13.0. The molecule has 4 rings (SSSR count). The summed E-state index contributed by atoms with van der Waals surface area (Å²) in [6, 6.07) is 4.07. The third kappa shape index (κ3) is 3.65. The molecule has 1 aromatic heterocycles. The van der Waals surface area contributed by atoms with Crippen molar-refractivity contribution in [1.82, 2.24) is 10.3 Å². The summed E-state index contributed by atoms with van der Waals surface area (Å²) in [6.07, 6.45) is 7.65. The predicted molar refractivity (Wildman–Crippen MR) is 99.3 cm³/mol. The molecule has 2 aliphatic heterocycles. The van der Waals surface area contributed by atoms with Crippen molar-refractivity contribution in [2.24, 2.45) is 11.8 Å². The van der Waals surface area contributed by atoms with Crippen LogP contribution in [-0.2, 0) is 16.0 Å². The van der Waals surface area contributed by atoms with E-state index >= 15 is 0 Å². The van der Waals surface area contributed by atoms with Crippen LogP contribution >= 0.6 is 0 Å². The van der Waals surface area contributed by atoms with E-state index in [1.54, 1.807) is 19.2 Å². The molecule has 1 aliphatic carbocycles. The van der Waals surface area contributed by atoms with Gasteiger partial charge in [0.05, 0.1) is 13.2 Å². The number of aliphatic hydroxyl groups is 1. The molecule has 146 valence electrons. The molecule has 2 N–H and O–H groups in total. The van der Waals surface area contributed by atoms with Crippen LogP contribution in [0.3, 0.4) is 0 Å². The number of cyclic esters (lactones) is 1. The van der Waals surface area contributed by atoms with E-state index in [2.05, 4.69) is 10.3 Å². The predicted octanol–water partition coefficient (Wildman–Crippen LogP) is 2.03. The van der Waals surface area contributed by atoms with Crippen molar-refractivity contribution in [3.63, 3.8) is 0 Å². The number of fused-ring (bicyclic) bond motifs is 1. The van der Waals surface area contributed by atoms with Crippen molar-refractivity contribution in [1.29, 1.82) is 0 Å². The maximum atomic E-state index is 12.5. The number of aliphatic hydroxyl groups excluding tert-OH is 1. The molecule has 4 unspecified atom stereocenters. The lowest BCUT2D eigenvalue weighted by atomic mass is 9.74. The molecule has 0 bridgehead atoms. The largest absolute Gasteiger partial charge is 0.438 e. The fraction of sp³-hybridized carbons (Fsp3) is 0.650. The van der Waals surface area contributed by atoms with Crippen LogP contribution in [0.25, 0.3) is 0 Å². The maximum absolute atomic E-state index is 12.5. The van der Waals surface area contributed by atoms with Gasteiger partial charge < -0.3 is 15.2 Å². The van der Waals surface area contributed by atoms with Crippen LogP contribution in [0, 0.1) is 11.8 Å². The van der Waals surface area contributed by atoms with Gasteiger partial charge in [-0.25, -0.2) is 9.78 Å². The van der Waals surface area contributed by atoms with Gasteiger partial charge >= 0.3 is 6.09 Å². The number of anilines is 1. The zero-order valence-corrected chi connectivity index (χ0v) is 15.7. The summed E-state index contributed by atoms with van der Waals surface area (Å²) in [5.41, 5.74) is 0.0967. The number of pyridine rings is 1. The van der Waals surface area contributed by atoms with Crippen molar-refractivity contribution in [2.45, 2.75) is 57.1 Å². The van der Waals surface area contributed by atoms with E-state index in [0.29, 0.717) is 24.2 Å². The lowest BCUT2D eigenvalue weighted by Crippen LogP contribution is -2.51. The second-order valence-electron chi connectivity index (χ2n) is 8.38. The van der Waals surface area contributed by atoms with E-state index in [9.17, 15) is 14.7 Å². The number of carbonyl (C=O) groups is 2. The number of piperidine rings is 1. The molecule has 1 saturated carbocycles. The topological polar surface area (TPSA) is 91.8 Å². The molecule has 7 nitrogen and oxygen atoms in total. The Hall–Kier alpha value is -2.15. The van der Waals surface area contributed by atoms with Gasteiger partial charge in [-0.15, -0.1) is 0 Å². The standard InChI is InChI=1S/C20H27N3O4/c1-20(12-24)11-23(19(26)27-20)17-7-6-13(10-21-17)8-15-9-14-4-2-3-5-16(14)22-18(15)25/h6-7,10,14-16,24H,2-5,8-9,11-12H2,1H3,(H,22,25). The smallest absolute Gasteiger partial charge is 0.416 e. The van der Waals surface area contributed by atoms with Crippen molar-refractivity contribution in [3.8, 4) is 0 Å². The Kier molecular flexibility index (Phi) is 4.80. The number of ether oxygens (including phenoxy) is 1. The summed E-state index contributed by atoms with van der Waals surface area (Å²) in [4.78, 5) is 30.3. The summed E-state index contributed by atoms with van der Waals surface area (Å²) in [5, 5.41) is 12.6. The molecule has 0 aromatic carbocycles. The molecule has 2 amide bonds. The van der Waals surface area contributed by atoms with Gasteiger partial charge in [0.15, 0.2) is 5.60 Å². The first-order valence-corrected chi connectivity index (χ1v) is 9.84. The minimum atomic E-state index is -0.895. The van der Waals surface area contributed by atoms with E-state index in [4.69, 9.17) is 4.74 Å². The number of carbonyl (C=O) groups excluding carboxylic acids is 2. The van der Waals surface area contributed by atoms with Gasteiger partial charge in [0.1, 0.15) is 5.82 Å². The Morgan fingerprint density at radius 1 is 1.33 bits per heavy atom. The Morgan fingerprint density at radius 2 is 2.15 bits per heavy atom. The molecular formula is C20H27N3O4. The van der Waals surface area contributed by atoms with E-state index in [1.807, 2.05) is 6.07 Å². The van der Waals surface area contributed by atoms with Crippen molar-refractivity contribution in [3.05, 3.63) is 23.9 Å². The molecule has 3 heterocycles. The summed E-state index contributed by atoms with van der Waals surface area (Å²) < 4.78 is 5.23. The molecule has 0 spiro atoms. The Bertz CT molecular complexity index is 722. The van der Waals surface area contributed by atoms with E-state index in [-0.39, 0.29) is 25.0 Å². The molecule has 7 heteroatoms. The number of amides is 2. The van der Waals surface area contributed by atoms with Gasteiger partial charge in [0.25, 0.3) is 0 Å². The van der Waals surface area contributed by atoms with Crippen LogP contribution < -0.4 is 10.2 Å². The number of nitrogens with one attached hydrogen (secondary N) is 1. The van der Waals surface area contributed by atoms with Crippen LogP contribution in [-0.4, -0.2) is 46.9 Å². The lowest BCUT2D eigenvalue weighted by molar-refractivity contribution is -0.129. The van der Waals surface area contributed by atoms with Crippen molar-refractivity contribution in [2.75, 3.05) is 18.1 Å². The number of hydrogen-bond donors (Lipinski definition) is 2. The van der Waals surface area contributed by atoms with Crippen molar-refractivity contribution >= 4 is 17.8 Å². The Labute approximate surface area is 159 Å². The number of hydrogen-bond acceptors (Lipinski definition) is 5. The highest BCUT2D eigenvalue weighted by Gasteiger charge is 2.42. The maximum Gasteiger partial charge on any atom is 0.416 e. The second kappa shape index (κ2) is 7.11. The molecular weight excluding hydrogens is 346 g/mol. The second-order valence-corrected chi connectivity index (χ2v) is 8.38. The highest BCUT2D eigenvalue weighted by Crippen LogP contribution is 2.34. The minimum absolute atomic E-state index is 0.00793. The molecule has 3 aliphatic rings. The minimum Gasteiger partial charge on any atom is -0.438 e. The highest BCUT2D eigenvalue weighted by molar-refractivity contribution is 5.89. The van der Waals surface area contributed by atoms with Gasteiger partial charge in [-0.1, -0.05) is 18.9 Å². The Morgan fingerprint density at radius 3 is 2.85 bits per heavy atom. The van der Waals surface area contributed by atoms with Crippen LogP contribution in [0.5, 0.6) is 0 Å². The normalized spacial score (nSPS) is 33.4. The van der Waals surface area contributed by atoms with E-state index < -0.39 is 11.7 Å². The average molecular weight is 373 g/mol. The lowest BCUT2D eigenvalue weighted by Gasteiger charge is -2.39. The molecule has 2 saturated heterocycles. The SMILES string of the molecule is CC1(CO)CN(c2ccc(CC3CC4CCCCC4NC3=O)cn2)C(=O)O1. The molecule has 3 fully saturated rings. The van der Waals surface area contributed by atoms with Gasteiger partial charge in [0, 0.05) is 18.2 Å². The molecule has 27 heavy (non-hydrogen) atoms. The summed E-state index contributed by atoms with van der Waals surface area (Å²) >= 11 is 0.